The molecule has 10 heteroatoms. The molecular weight excluding hydrogens is 616 g/mol. The average molecular weight is 683 g/mol. The third-order valence-electron chi connectivity index (χ3n) is 16.7. The van der Waals surface area contributed by atoms with E-state index in [0.717, 1.165) is 38.5 Å². The number of carbonyl (C=O) groups is 1. The molecule has 6 rings (SSSR count). The van der Waals surface area contributed by atoms with Gasteiger partial charge in [-0.15, -0.1) is 5.10 Å². The number of aliphatic carboxylic acids is 1. The summed E-state index contributed by atoms with van der Waals surface area (Å²) in [6.07, 6.45) is 7.97. The van der Waals surface area contributed by atoms with Crippen molar-refractivity contribution in [3.8, 4) is 0 Å². The zero-order valence-corrected chi connectivity index (χ0v) is 32.5. The van der Waals surface area contributed by atoms with Crippen LogP contribution in [0.5, 0.6) is 0 Å². The molecule has 0 aromatic carbocycles. The molecule has 0 radical (unpaired) electrons. The first-order chi connectivity index (χ1) is 22.7. The molecule has 0 spiro atoms. The molecule has 0 amide bonds. The molecule has 5 aliphatic rings. The molecule has 1 aromatic rings. The first-order valence-corrected chi connectivity index (χ1v) is 19.1. The Morgan fingerprint density at radius 2 is 1.82 bits per heavy atom. The third-order valence-corrected chi connectivity index (χ3v) is 16.7. The molecule has 1 saturated heterocycles. The number of carboxylic acid groups (broad SMARTS) is 1. The van der Waals surface area contributed by atoms with E-state index in [-0.39, 0.29) is 50.7 Å². The number of ether oxygens (including phenoxy) is 2. The summed E-state index contributed by atoms with van der Waals surface area (Å²) in [5.74, 6) is 0.902. The summed E-state index contributed by atoms with van der Waals surface area (Å²) in [5, 5.41) is 24.3. The first-order valence-electron chi connectivity index (χ1n) is 19.1. The van der Waals surface area contributed by atoms with Crippen LogP contribution >= 0.6 is 0 Å². The topological polar surface area (TPSA) is 129 Å². The van der Waals surface area contributed by atoms with E-state index in [2.05, 4.69) is 110 Å². The predicted molar refractivity (Wildman–Crippen MR) is 192 cm³/mol. The van der Waals surface area contributed by atoms with E-state index < -0.39 is 11.9 Å². The van der Waals surface area contributed by atoms with Gasteiger partial charge in [0.05, 0.1) is 31.8 Å². The van der Waals surface area contributed by atoms with E-state index in [9.17, 15) is 9.90 Å². The van der Waals surface area contributed by atoms with Crippen molar-refractivity contribution < 1.29 is 19.4 Å². The van der Waals surface area contributed by atoms with Crippen LogP contribution in [0.2, 0.25) is 0 Å². The number of aromatic nitrogens is 4. The molecule has 0 unspecified atom stereocenters. The summed E-state index contributed by atoms with van der Waals surface area (Å²) in [5.41, 5.74) is 6.16. The lowest BCUT2D eigenvalue weighted by Crippen LogP contribution is -2.69. The Balaban J connectivity index is 1.44. The Hall–Kier alpha value is -2.04. The number of hydrogen-bond donors (Lipinski definition) is 2. The summed E-state index contributed by atoms with van der Waals surface area (Å²) < 4.78 is 13.9. The molecule has 276 valence electrons. The van der Waals surface area contributed by atoms with Crippen molar-refractivity contribution in [2.24, 2.45) is 62.6 Å². The van der Waals surface area contributed by atoms with E-state index >= 15 is 0 Å². The van der Waals surface area contributed by atoms with Gasteiger partial charge in [0.15, 0.2) is 0 Å². The molecule has 1 aromatic heterocycles. The van der Waals surface area contributed by atoms with E-state index in [4.69, 9.17) is 15.2 Å². The SMILES string of the molecule is CC(C)[C@@H](C)[C@@]1(C)CC[C@]2(C)[C@H]3CC[C@@H]4[C@@]5(COC[C@@]4(C)[C@@H](OC[C@](C)(C(C)C)N(C)C)[C@H](n4nnc(N)n4)C5)C3=CC[C@@]2(C)[C@@H]1C(=O)O. The highest BCUT2D eigenvalue weighted by Crippen LogP contribution is 2.75. The van der Waals surface area contributed by atoms with Crippen LogP contribution in [0.25, 0.3) is 0 Å². The fourth-order valence-corrected chi connectivity index (χ4v) is 12.6. The first kappa shape index (κ1) is 36.7. The lowest BCUT2D eigenvalue weighted by atomic mass is 9.34. The Kier molecular flexibility index (Phi) is 9.00. The Bertz CT molecular complexity index is 1450. The van der Waals surface area contributed by atoms with Crippen molar-refractivity contribution in [3.05, 3.63) is 11.6 Å². The maximum absolute atomic E-state index is 13.5. The van der Waals surface area contributed by atoms with Gasteiger partial charge in [0.2, 0.25) is 0 Å². The number of rotatable bonds is 9. The largest absolute Gasteiger partial charge is 0.481 e. The van der Waals surface area contributed by atoms with Gasteiger partial charge < -0.3 is 25.2 Å². The van der Waals surface area contributed by atoms with Crippen LogP contribution in [0.4, 0.5) is 5.95 Å². The van der Waals surface area contributed by atoms with Crippen LogP contribution in [0.1, 0.15) is 114 Å². The molecule has 2 heterocycles. The highest BCUT2D eigenvalue weighted by atomic mass is 16.5. The van der Waals surface area contributed by atoms with E-state index in [1.165, 1.54) is 5.57 Å². The molecule has 12 atom stereocenters. The number of fused-ring (bicyclic) bond motifs is 3. The zero-order chi connectivity index (χ0) is 36.1. The second-order valence-electron chi connectivity index (χ2n) is 19.2. The van der Waals surface area contributed by atoms with Crippen molar-refractivity contribution in [1.29, 1.82) is 0 Å². The van der Waals surface area contributed by atoms with Crippen molar-refractivity contribution in [3.63, 3.8) is 0 Å². The van der Waals surface area contributed by atoms with Gasteiger partial charge in [-0.3, -0.25) is 4.79 Å². The maximum Gasteiger partial charge on any atom is 0.307 e. The summed E-state index contributed by atoms with van der Waals surface area (Å²) in [6, 6.07) is -0.164. The molecule has 3 saturated carbocycles. The molecule has 1 aliphatic heterocycles. The predicted octanol–water partition coefficient (Wildman–Crippen LogP) is 6.75. The zero-order valence-electron chi connectivity index (χ0n) is 32.5. The van der Waals surface area contributed by atoms with Crippen LogP contribution in [-0.4, -0.2) is 81.7 Å². The molecule has 2 bridgehead atoms. The fraction of sp³-hybridized carbons (Fsp3) is 0.897. The van der Waals surface area contributed by atoms with E-state index in [0.29, 0.717) is 49.4 Å². The fourth-order valence-electron chi connectivity index (χ4n) is 12.6. The summed E-state index contributed by atoms with van der Waals surface area (Å²) in [7, 11) is 4.27. The van der Waals surface area contributed by atoms with Crippen LogP contribution < -0.4 is 5.73 Å². The number of nitrogens with two attached hydrogens (primary N) is 1. The molecule has 3 N–H and O–H groups in total. The van der Waals surface area contributed by atoms with Crippen molar-refractivity contribution in [1.82, 2.24) is 25.1 Å². The van der Waals surface area contributed by atoms with Crippen LogP contribution in [0.15, 0.2) is 11.6 Å². The van der Waals surface area contributed by atoms with E-state index in [1.54, 1.807) is 4.80 Å². The number of anilines is 1. The molecule has 49 heavy (non-hydrogen) atoms. The second kappa shape index (κ2) is 12.0. The van der Waals surface area contributed by atoms with Gasteiger partial charge in [0.1, 0.15) is 6.04 Å². The van der Waals surface area contributed by atoms with Crippen LogP contribution in [-0.2, 0) is 14.3 Å². The van der Waals surface area contributed by atoms with Crippen molar-refractivity contribution in [2.75, 3.05) is 39.6 Å². The van der Waals surface area contributed by atoms with Crippen LogP contribution in [0.3, 0.4) is 0 Å². The van der Waals surface area contributed by atoms with Gasteiger partial charge in [0.25, 0.3) is 5.95 Å². The number of nitrogen functional groups attached to an aromatic ring is 1. The van der Waals surface area contributed by atoms with E-state index in [1.807, 2.05) is 0 Å². The Morgan fingerprint density at radius 3 is 2.39 bits per heavy atom. The Morgan fingerprint density at radius 1 is 1.12 bits per heavy atom. The third kappa shape index (κ3) is 5.02. The molecule has 10 nitrogen and oxygen atoms in total. The quantitative estimate of drug-likeness (QED) is 0.272. The molecule has 4 aliphatic carbocycles. The number of carboxylic acids is 1. The number of tetrazole rings is 1. The van der Waals surface area contributed by atoms with Crippen molar-refractivity contribution >= 4 is 11.9 Å². The average Bonchev–Trinajstić information content (AvgIpc) is 3.45. The van der Waals surface area contributed by atoms with Gasteiger partial charge >= 0.3 is 5.97 Å². The lowest BCUT2D eigenvalue weighted by molar-refractivity contribution is -0.256. The monoisotopic (exact) mass is 683 g/mol. The van der Waals surface area contributed by atoms with Gasteiger partial charge in [0, 0.05) is 16.4 Å². The second-order valence-corrected chi connectivity index (χ2v) is 19.2. The number of hydrogen-bond acceptors (Lipinski definition) is 8. The van der Waals surface area contributed by atoms with Gasteiger partial charge in [-0.25, -0.2) is 0 Å². The smallest absolute Gasteiger partial charge is 0.307 e. The van der Waals surface area contributed by atoms with Gasteiger partial charge in [-0.05, 0) is 111 Å². The minimum Gasteiger partial charge on any atom is -0.481 e. The number of likely N-dealkylation sites (N-methyl/N-ethyl adjacent to an activating group) is 1. The Labute approximate surface area is 295 Å². The van der Waals surface area contributed by atoms with Gasteiger partial charge in [-0.2, -0.15) is 4.80 Å². The minimum absolute atomic E-state index is 0.145. The molecular formula is C39H66N6O4. The van der Waals surface area contributed by atoms with Gasteiger partial charge in [-0.1, -0.05) is 79.1 Å². The normalized spacial score (nSPS) is 43.7. The summed E-state index contributed by atoms with van der Waals surface area (Å²) in [4.78, 5) is 17.5. The standard InChI is InChI=1S/C39H66N6O4/c1-23(2)25(5)34(6)17-18-36(8)26-13-14-29-35(7)20-48-22-39(29,27(26)15-16-37(36,9)30(34)32(46)47)19-28(45-42-33(40)41-43-45)31(35)49-21-38(10,24(3)4)44(11)12/h15,23-26,28-31H,13-14,16-22H2,1-12H3,(H2,40,42)(H,46,47)/t25-,26+,28-,29+,30-,31+,34-,35-,36-,37+,38-,39+/m1/s1. The summed E-state index contributed by atoms with van der Waals surface area (Å²) in [6.45, 7) is 24.9. The highest BCUT2D eigenvalue weighted by molar-refractivity contribution is 5.73. The number of nitrogens with zero attached hydrogens (tertiary/aromatic N) is 5. The summed E-state index contributed by atoms with van der Waals surface area (Å²) >= 11 is 0. The number of allylic oxidation sites excluding steroid dienone is 1. The highest BCUT2D eigenvalue weighted by Gasteiger charge is 2.72. The van der Waals surface area contributed by atoms with Crippen molar-refractivity contribution in [2.45, 2.75) is 125 Å². The van der Waals surface area contributed by atoms with Crippen LogP contribution in [0, 0.1) is 62.6 Å². The lowest BCUT2D eigenvalue weighted by Gasteiger charge is -2.71. The maximum atomic E-state index is 13.5. The molecule has 4 fully saturated rings. The minimum atomic E-state index is -0.626.